The zero-order valence-corrected chi connectivity index (χ0v) is 11.0. The predicted octanol–water partition coefficient (Wildman–Crippen LogP) is 4.43. The SMILES string of the molecule is C=C(CNc1ccc(C)c(C)c1)c1ccccc1. The number of rotatable bonds is 4. The highest BCUT2D eigenvalue weighted by Gasteiger charge is 1.99. The molecule has 0 saturated heterocycles. The summed E-state index contributed by atoms with van der Waals surface area (Å²) in [7, 11) is 0. The summed E-state index contributed by atoms with van der Waals surface area (Å²) in [5.74, 6) is 0. The van der Waals surface area contributed by atoms with Crippen LogP contribution in [0.15, 0.2) is 55.1 Å². The molecule has 92 valence electrons. The molecule has 0 aliphatic carbocycles. The highest BCUT2D eigenvalue weighted by Crippen LogP contribution is 2.16. The minimum Gasteiger partial charge on any atom is -0.381 e. The van der Waals surface area contributed by atoms with Gasteiger partial charge in [-0.1, -0.05) is 43.0 Å². The van der Waals surface area contributed by atoms with Gasteiger partial charge in [-0.2, -0.15) is 0 Å². The summed E-state index contributed by atoms with van der Waals surface area (Å²) in [5, 5.41) is 3.41. The Hall–Kier alpha value is -2.02. The first-order valence-corrected chi connectivity index (χ1v) is 6.21. The molecule has 0 aromatic heterocycles. The van der Waals surface area contributed by atoms with Gasteiger partial charge >= 0.3 is 0 Å². The first-order chi connectivity index (χ1) is 8.66. The van der Waals surface area contributed by atoms with Gasteiger partial charge in [-0.05, 0) is 48.2 Å². The van der Waals surface area contributed by atoms with Gasteiger partial charge in [0.05, 0.1) is 0 Å². The van der Waals surface area contributed by atoms with E-state index in [4.69, 9.17) is 0 Å². The van der Waals surface area contributed by atoms with E-state index in [-0.39, 0.29) is 0 Å². The molecule has 0 bridgehead atoms. The molecule has 0 amide bonds. The van der Waals surface area contributed by atoms with Crippen molar-refractivity contribution in [1.82, 2.24) is 0 Å². The average molecular weight is 237 g/mol. The third kappa shape index (κ3) is 3.01. The van der Waals surface area contributed by atoms with Crippen molar-refractivity contribution in [3.05, 3.63) is 71.8 Å². The van der Waals surface area contributed by atoms with E-state index in [2.05, 4.69) is 56.1 Å². The zero-order chi connectivity index (χ0) is 13.0. The fraction of sp³-hybridized carbons (Fsp3) is 0.176. The predicted molar refractivity (Wildman–Crippen MR) is 79.9 cm³/mol. The lowest BCUT2D eigenvalue weighted by Gasteiger charge is -2.10. The van der Waals surface area contributed by atoms with Crippen LogP contribution in [0.2, 0.25) is 0 Å². The first kappa shape index (κ1) is 12.4. The van der Waals surface area contributed by atoms with Gasteiger partial charge in [0, 0.05) is 12.2 Å². The number of hydrogen-bond donors (Lipinski definition) is 1. The van der Waals surface area contributed by atoms with Crippen LogP contribution in [0.1, 0.15) is 16.7 Å². The van der Waals surface area contributed by atoms with Crippen molar-refractivity contribution in [2.24, 2.45) is 0 Å². The van der Waals surface area contributed by atoms with Gasteiger partial charge in [0.15, 0.2) is 0 Å². The number of aryl methyl sites for hydroxylation is 2. The van der Waals surface area contributed by atoms with E-state index in [0.717, 1.165) is 17.8 Å². The maximum atomic E-state index is 4.12. The van der Waals surface area contributed by atoms with Crippen LogP contribution < -0.4 is 5.32 Å². The number of hydrogen-bond acceptors (Lipinski definition) is 1. The molecule has 1 nitrogen and oxygen atoms in total. The van der Waals surface area contributed by atoms with Crippen LogP contribution in [0, 0.1) is 13.8 Å². The van der Waals surface area contributed by atoms with Crippen LogP contribution in [0.3, 0.4) is 0 Å². The third-order valence-corrected chi connectivity index (χ3v) is 3.19. The summed E-state index contributed by atoms with van der Waals surface area (Å²) in [6.45, 7) is 9.15. The Bertz CT molecular complexity index is 541. The summed E-state index contributed by atoms with van der Waals surface area (Å²) >= 11 is 0. The summed E-state index contributed by atoms with van der Waals surface area (Å²) in [4.78, 5) is 0. The molecule has 1 N–H and O–H groups in total. The van der Waals surface area contributed by atoms with Crippen molar-refractivity contribution in [2.45, 2.75) is 13.8 Å². The van der Waals surface area contributed by atoms with Crippen molar-refractivity contribution in [3.8, 4) is 0 Å². The van der Waals surface area contributed by atoms with Gasteiger partial charge in [0.1, 0.15) is 0 Å². The average Bonchev–Trinajstić information content (AvgIpc) is 2.41. The summed E-state index contributed by atoms with van der Waals surface area (Å²) in [5.41, 5.74) is 6.07. The van der Waals surface area contributed by atoms with Crippen molar-refractivity contribution in [1.29, 1.82) is 0 Å². The largest absolute Gasteiger partial charge is 0.381 e. The number of benzene rings is 2. The lowest BCUT2D eigenvalue weighted by Crippen LogP contribution is -2.03. The molecule has 0 atom stereocenters. The second-order valence-corrected chi connectivity index (χ2v) is 4.62. The Morgan fingerprint density at radius 3 is 2.39 bits per heavy atom. The van der Waals surface area contributed by atoms with E-state index in [9.17, 15) is 0 Å². The molecule has 0 aliphatic rings. The molecule has 0 spiro atoms. The van der Waals surface area contributed by atoms with E-state index in [0.29, 0.717) is 0 Å². The molecule has 1 heteroatoms. The van der Waals surface area contributed by atoms with Crippen molar-refractivity contribution in [3.63, 3.8) is 0 Å². The molecule has 0 fully saturated rings. The molecular formula is C17H19N. The van der Waals surface area contributed by atoms with Gasteiger partial charge in [-0.25, -0.2) is 0 Å². The van der Waals surface area contributed by atoms with Crippen LogP contribution >= 0.6 is 0 Å². The molecule has 0 aliphatic heterocycles. The van der Waals surface area contributed by atoms with E-state index in [1.165, 1.54) is 16.7 Å². The van der Waals surface area contributed by atoms with Gasteiger partial charge in [-0.3, -0.25) is 0 Å². The van der Waals surface area contributed by atoms with E-state index in [1.54, 1.807) is 0 Å². The highest BCUT2D eigenvalue weighted by atomic mass is 14.9. The van der Waals surface area contributed by atoms with Crippen LogP contribution in [0.5, 0.6) is 0 Å². The molecule has 0 heterocycles. The minimum atomic E-state index is 0.770. The minimum absolute atomic E-state index is 0.770. The molecule has 0 radical (unpaired) electrons. The first-order valence-electron chi connectivity index (χ1n) is 6.21. The Balaban J connectivity index is 1.99. The molecule has 0 saturated carbocycles. The fourth-order valence-electron chi connectivity index (χ4n) is 1.84. The smallest absolute Gasteiger partial charge is 0.0400 e. The van der Waals surface area contributed by atoms with Crippen LogP contribution in [-0.4, -0.2) is 6.54 Å². The summed E-state index contributed by atoms with van der Waals surface area (Å²) in [6.07, 6.45) is 0. The summed E-state index contributed by atoms with van der Waals surface area (Å²) in [6, 6.07) is 16.7. The Morgan fingerprint density at radius 1 is 1.00 bits per heavy atom. The molecule has 18 heavy (non-hydrogen) atoms. The molecule has 2 aromatic carbocycles. The fourth-order valence-corrected chi connectivity index (χ4v) is 1.84. The lowest BCUT2D eigenvalue weighted by molar-refractivity contribution is 1.29. The lowest BCUT2D eigenvalue weighted by atomic mass is 10.1. The molecule has 2 rings (SSSR count). The van der Waals surface area contributed by atoms with Gasteiger partial charge in [-0.15, -0.1) is 0 Å². The number of nitrogens with one attached hydrogen (secondary N) is 1. The Morgan fingerprint density at radius 2 is 1.72 bits per heavy atom. The van der Waals surface area contributed by atoms with E-state index in [1.807, 2.05) is 18.2 Å². The Kier molecular flexibility index (Phi) is 3.83. The molecule has 2 aromatic rings. The number of anilines is 1. The monoisotopic (exact) mass is 237 g/mol. The molecule has 0 unspecified atom stereocenters. The highest BCUT2D eigenvalue weighted by molar-refractivity contribution is 5.67. The van der Waals surface area contributed by atoms with Crippen LogP contribution in [-0.2, 0) is 0 Å². The van der Waals surface area contributed by atoms with Crippen LogP contribution in [0.4, 0.5) is 5.69 Å². The standard InChI is InChI=1S/C17H19N/c1-13-9-10-17(11-14(13)2)18-12-15(3)16-7-5-4-6-8-16/h4-11,18H,3,12H2,1-2H3. The van der Waals surface area contributed by atoms with E-state index >= 15 is 0 Å². The normalized spacial score (nSPS) is 10.1. The maximum Gasteiger partial charge on any atom is 0.0400 e. The summed E-state index contributed by atoms with van der Waals surface area (Å²) < 4.78 is 0. The van der Waals surface area contributed by atoms with Gasteiger partial charge in [0.25, 0.3) is 0 Å². The zero-order valence-electron chi connectivity index (χ0n) is 11.0. The second-order valence-electron chi connectivity index (χ2n) is 4.62. The van der Waals surface area contributed by atoms with Gasteiger partial charge in [0.2, 0.25) is 0 Å². The second kappa shape index (κ2) is 5.54. The van der Waals surface area contributed by atoms with Crippen molar-refractivity contribution in [2.75, 3.05) is 11.9 Å². The Labute approximate surface area is 109 Å². The van der Waals surface area contributed by atoms with Crippen molar-refractivity contribution >= 4 is 11.3 Å². The topological polar surface area (TPSA) is 12.0 Å². The van der Waals surface area contributed by atoms with Crippen LogP contribution in [0.25, 0.3) is 5.57 Å². The van der Waals surface area contributed by atoms with Crippen molar-refractivity contribution < 1.29 is 0 Å². The quantitative estimate of drug-likeness (QED) is 0.829. The molecular weight excluding hydrogens is 218 g/mol. The van der Waals surface area contributed by atoms with Gasteiger partial charge < -0.3 is 5.32 Å². The maximum absolute atomic E-state index is 4.12. The third-order valence-electron chi connectivity index (χ3n) is 3.19. The van der Waals surface area contributed by atoms with E-state index < -0.39 is 0 Å².